The zero-order valence-corrected chi connectivity index (χ0v) is 14.3. The van der Waals surface area contributed by atoms with E-state index in [1.807, 2.05) is 0 Å². The summed E-state index contributed by atoms with van der Waals surface area (Å²) in [6, 6.07) is 13.7. The summed E-state index contributed by atoms with van der Waals surface area (Å²) in [5.41, 5.74) is 3.32. The third kappa shape index (κ3) is 1.87. The van der Waals surface area contributed by atoms with Crippen LogP contribution in [0.3, 0.4) is 0 Å². The minimum Gasteiger partial charge on any atom is -0.337 e. The van der Waals surface area contributed by atoms with Gasteiger partial charge in [-0.25, -0.2) is 4.98 Å². The van der Waals surface area contributed by atoms with Crippen molar-refractivity contribution in [2.75, 3.05) is 0 Å². The lowest BCUT2D eigenvalue weighted by atomic mass is 10.0. The largest absolute Gasteiger partial charge is 0.337 e. The quantitative estimate of drug-likeness (QED) is 0.437. The van der Waals surface area contributed by atoms with Gasteiger partial charge in [0, 0.05) is 10.8 Å². The molecule has 2 aromatic carbocycles. The van der Waals surface area contributed by atoms with E-state index in [0.29, 0.717) is 22.5 Å². The Kier molecular flexibility index (Phi) is 2.92. The van der Waals surface area contributed by atoms with Crippen LogP contribution in [0.1, 0.15) is 11.1 Å². The molecule has 0 saturated heterocycles. The van der Waals surface area contributed by atoms with E-state index in [1.165, 1.54) is 10.8 Å². The number of aromatic nitrogens is 2. The summed E-state index contributed by atoms with van der Waals surface area (Å²) in [6.07, 6.45) is 0. The summed E-state index contributed by atoms with van der Waals surface area (Å²) >= 11 is 3.32. The van der Waals surface area contributed by atoms with Crippen LogP contribution >= 0.6 is 22.7 Å². The van der Waals surface area contributed by atoms with Gasteiger partial charge in [0.2, 0.25) is 0 Å². The van der Waals surface area contributed by atoms with Gasteiger partial charge in [0.15, 0.2) is 0 Å². The fraction of sp³-hybridized carbons (Fsp3) is 0. The molecule has 0 aliphatic carbocycles. The minimum absolute atomic E-state index is 0.447. The van der Waals surface area contributed by atoms with Crippen LogP contribution in [-0.2, 0) is 0 Å². The van der Waals surface area contributed by atoms with E-state index in [2.05, 4.69) is 40.0 Å². The van der Waals surface area contributed by atoms with Crippen LogP contribution < -0.4 is 0 Å². The smallest absolute Gasteiger partial charge is 0.141 e. The average molecular weight is 356 g/mol. The number of nitrogens with zero attached hydrogens (tertiary/aromatic N) is 3. The van der Waals surface area contributed by atoms with Crippen molar-refractivity contribution in [1.82, 2.24) is 9.97 Å². The van der Waals surface area contributed by atoms with Gasteiger partial charge in [-0.2, -0.15) is 10.5 Å². The second-order valence-corrected chi connectivity index (χ2v) is 7.42. The van der Waals surface area contributed by atoms with Gasteiger partial charge in [0.25, 0.3) is 0 Å². The molecule has 116 valence electrons. The maximum atomic E-state index is 9.46. The van der Waals surface area contributed by atoms with Gasteiger partial charge in [0.1, 0.15) is 11.3 Å². The molecule has 0 amide bonds. The molecule has 0 unspecified atom stereocenters. The topological polar surface area (TPSA) is 76.3 Å². The summed E-state index contributed by atoms with van der Waals surface area (Å²) < 4.78 is 2.27. The Bertz CT molecular complexity index is 1270. The fourth-order valence-corrected chi connectivity index (χ4v) is 5.05. The Labute approximate surface area is 150 Å². The van der Waals surface area contributed by atoms with Crippen molar-refractivity contribution >= 4 is 53.9 Å². The molecule has 25 heavy (non-hydrogen) atoms. The molecule has 0 bridgehead atoms. The van der Waals surface area contributed by atoms with Crippen molar-refractivity contribution in [3.63, 3.8) is 0 Å². The van der Waals surface area contributed by atoms with Crippen molar-refractivity contribution in [2.24, 2.45) is 0 Å². The van der Waals surface area contributed by atoms with E-state index in [4.69, 9.17) is 4.98 Å². The SMILES string of the molecule is N#Cc1cccc(C#N)c1-c1nc2c([nH]1)c1sccc1c1ccsc12. The first-order valence-corrected chi connectivity index (χ1v) is 9.27. The maximum Gasteiger partial charge on any atom is 0.141 e. The maximum absolute atomic E-state index is 9.46. The molecule has 0 saturated carbocycles. The molecule has 3 aromatic heterocycles. The highest BCUT2D eigenvalue weighted by molar-refractivity contribution is 7.20. The van der Waals surface area contributed by atoms with Gasteiger partial charge in [-0.3, -0.25) is 0 Å². The van der Waals surface area contributed by atoms with E-state index in [-0.39, 0.29) is 0 Å². The van der Waals surface area contributed by atoms with Crippen LogP contribution in [0.2, 0.25) is 0 Å². The highest BCUT2D eigenvalue weighted by atomic mass is 32.1. The van der Waals surface area contributed by atoms with Gasteiger partial charge < -0.3 is 4.98 Å². The molecule has 0 aliphatic heterocycles. The number of thiophene rings is 2. The van der Waals surface area contributed by atoms with E-state index >= 15 is 0 Å². The fourth-order valence-electron chi connectivity index (χ4n) is 3.23. The molecule has 3 heterocycles. The number of aromatic amines is 1. The number of benzene rings is 2. The molecule has 4 nitrogen and oxygen atoms in total. The highest BCUT2D eigenvalue weighted by Crippen LogP contribution is 2.40. The summed E-state index contributed by atoms with van der Waals surface area (Å²) in [5.74, 6) is 0.569. The van der Waals surface area contributed by atoms with Gasteiger partial charge >= 0.3 is 0 Å². The molecule has 0 aliphatic rings. The number of hydrogen-bond donors (Lipinski definition) is 1. The normalized spacial score (nSPS) is 11.1. The summed E-state index contributed by atoms with van der Waals surface area (Å²) in [5, 5.41) is 25.5. The first-order valence-electron chi connectivity index (χ1n) is 7.51. The molecule has 0 spiro atoms. The number of imidazole rings is 1. The second-order valence-electron chi connectivity index (χ2n) is 5.59. The highest BCUT2D eigenvalue weighted by Gasteiger charge is 2.19. The van der Waals surface area contributed by atoms with Gasteiger partial charge in [-0.15, -0.1) is 22.7 Å². The molecule has 5 rings (SSSR count). The van der Waals surface area contributed by atoms with Crippen molar-refractivity contribution < 1.29 is 0 Å². The lowest BCUT2D eigenvalue weighted by Gasteiger charge is -2.02. The van der Waals surface area contributed by atoms with Crippen LogP contribution in [0.4, 0.5) is 0 Å². The first-order chi connectivity index (χ1) is 12.3. The van der Waals surface area contributed by atoms with Crippen LogP contribution in [0, 0.1) is 22.7 Å². The third-order valence-electron chi connectivity index (χ3n) is 4.31. The lowest BCUT2D eigenvalue weighted by Crippen LogP contribution is -1.91. The standard InChI is InChI=1S/C19H8N4S2/c20-8-10-2-1-3-11(9-21)14(10)19-22-15-16(23-19)18-13(5-7-25-18)12-4-6-24-17(12)15/h1-7H,(H,22,23). The molecule has 0 atom stereocenters. The Morgan fingerprint density at radius 3 is 2.20 bits per heavy atom. The number of fused-ring (bicyclic) bond motifs is 6. The van der Waals surface area contributed by atoms with Gasteiger partial charge in [-0.1, -0.05) is 6.07 Å². The number of rotatable bonds is 1. The number of hydrogen-bond acceptors (Lipinski definition) is 5. The zero-order chi connectivity index (χ0) is 17.0. The minimum atomic E-state index is 0.447. The Hall–Kier alpha value is -3.19. The Morgan fingerprint density at radius 2 is 1.52 bits per heavy atom. The number of nitriles is 2. The molecule has 0 fully saturated rings. The summed E-state index contributed by atoms with van der Waals surface area (Å²) in [7, 11) is 0. The first kappa shape index (κ1) is 14.2. The van der Waals surface area contributed by atoms with Crippen LogP contribution in [0.15, 0.2) is 41.1 Å². The van der Waals surface area contributed by atoms with E-state index < -0.39 is 0 Å². The molecular weight excluding hydrogens is 348 g/mol. The predicted molar refractivity (Wildman–Crippen MR) is 102 cm³/mol. The van der Waals surface area contributed by atoms with Gasteiger partial charge in [-0.05, 0) is 35.0 Å². The van der Waals surface area contributed by atoms with Crippen molar-refractivity contribution in [2.45, 2.75) is 0 Å². The summed E-state index contributed by atoms with van der Waals surface area (Å²) in [4.78, 5) is 8.17. The molecule has 1 N–H and O–H groups in total. The molecule has 6 heteroatoms. The van der Waals surface area contributed by atoms with Crippen molar-refractivity contribution in [3.05, 3.63) is 52.2 Å². The molecular formula is C19H8N4S2. The predicted octanol–water partition coefficient (Wildman–Crippen LogP) is 5.40. The average Bonchev–Trinajstić information content (AvgIpc) is 3.37. The van der Waals surface area contributed by atoms with Crippen molar-refractivity contribution in [1.29, 1.82) is 10.5 Å². The number of nitrogens with one attached hydrogen (secondary N) is 1. The Balaban J connectivity index is 1.96. The van der Waals surface area contributed by atoms with E-state index in [9.17, 15) is 10.5 Å². The van der Waals surface area contributed by atoms with E-state index in [0.717, 1.165) is 20.4 Å². The third-order valence-corrected chi connectivity index (χ3v) is 6.16. The van der Waals surface area contributed by atoms with Gasteiger partial charge in [0.05, 0.1) is 43.7 Å². The van der Waals surface area contributed by atoms with Crippen LogP contribution in [0.5, 0.6) is 0 Å². The van der Waals surface area contributed by atoms with Crippen LogP contribution in [0.25, 0.3) is 42.6 Å². The lowest BCUT2D eigenvalue weighted by molar-refractivity contribution is 1.31. The summed E-state index contributed by atoms with van der Waals surface area (Å²) in [6.45, 7) is 0. The van der Waals surface area contributed by atoms with Crippen LogP contribution in [-0.4, -0.2) is 9.97 Å². The monoisotopic (exact) mass is 356 g/mol. The molecule has 0 radical (unpaired) electrons. The molecule has 5 aromatic rings. The van der Waals surface area contributed by atoms with E-state index in [1.54, 1.807) is 40.9 Å². The second kappa shape index (κ2) is 5.15. The number of H-pyrrole nitrogens is 1. The van der Waals surface area contributed by atoms with Crippen molar-refractivity contribution in [3.8, 4) is 23.5 Å². The Morgan fingerprint density at radius 1 is 0.880 bits per heavy atom. The zero-order valence-electron chi connectivity index (χ0n) is 12.7.